The van der Waals surface area contributed by atoms with Crippen LogP contribution in [-0.4, -0.2) is 39.3 Å². The van der Waals surface area contributed by atoms with Gasteiger partial charge in [-0.1, -0.05) is 25.5 Å². The summed E-state index contributed by atoms with van der Waals surface area (Å²) < 4.78 is 0. The molecule has 0 saturated carbocycles. The van der Waals surface area contributed by atoms with Crippen molar-refractivity contribution < 1.29 is 24.6 Å². The predicted octanol–water partition coefficient (Wildman–Crippen LogP) is 5.87. The summed E-state index contributed by atoms with van der Waals surface area (Å²) in [6, 6.07) is 10.9. The van der Waals surface area contributed by atoms with Crippen molar-refractivity contribution in [2.75, 3.05) is 11.5 Å². The van der Waals surface area contributed by atoms with Gasteiger partial charge in [-0.15, -0.1) is 23.5 Å². The van der Waals surface area contributed by atoms with Crippen LogP contribution in [0.25, 0.3) is 0 Å². The van der Waals surface area contributed by atoms with Crippen molar-refractivity contribution in [2.24, 2.45) is 0 Å². The number of phenolic OH excluding ortho intramolecular Hbond substituents is 1. The Morgan fingerprint density at radius 2 is 1.61 bits per heavy atom. The smallest absolute Gasteiger partial charge is 0.303 e. The van der Waals surface area contributed by atoms with E-state index in [1.807, 2.05) is 18.2 Å². The van der Waals surface area contributed by atoms with Crippen LogP contribution in [-0.2, 0) is 11.2 Å². The van der Waals surface area contributed by atoms with Crippen molar-refractivity contribution in [3.05, 3.63) is 53.1 Å². The van der Waals surface area contributed by atoms with Crippen molar-refractivity contribution in [1.82, 2.24) is 0 Å². The fraction of sp³-hybridized carbons (Fsp3) is 0.375. The number of rotatable bonds is 13. The molecule has 166 valence electrons. The summed E-state index contributed by atoms with van der Waals surface area (Å²) in [5, 5.41) is 19.1. The molecule has 31 heavy (non-hydrogen) atoms. The van der Waals surface area contributed by atoms with Crippen molar-refractivity contribution in [2.45, 2.75) is 55.7 Å². The monoisotopic (exact) mass is 460 g/mol. The molecule has 0 fully saturated rings. The molecule has 0 aliphatic carbocycles. The summed E-state index contributed by atoms with van der Waals surface area (Å²) >= 11 is 3.40. The number of ketones is 2. The number of carboxylic acid groups (broad SMARTS) is 1. The molecular formula is C24H28O5S2. The van der Waals surface area contributed by atoms with Crippen LogP contribution in [0.5, 0.6) is 5.75 Å². The molecule has 0 saturated heterocycles. The van der Waals surface area contributed by atoms with E-state index in [4.69, 9.17) is 5.11 Å². The van der Waals surface area contributed by atoms with Crippen LogP contribution in [0.4, 0.5) is 0 Å². The molecule has 2 rings (SSSR count). The molecule has 0 aliphatic heterocycles. The van der Waals surface area contributed by atoms with Gasteiger partial charge in [-0.05, 0) is 55.5 Å². The average molecular weight is 461 g/mol. The average Bonchev–Trinajstić information content (AvgIpc) is 2.74. The highest BCUT2D eigenvalue weighted by Gasteiger charge is 2.15. The molecular weight excluding hydrogens is 432 g/mol. The molecule has 5 nitrogen and oxygen atoms in total. The normalized spacial score (nSPS) is 10.8. The quantitative estimate of drug-likeness (QED) is 0.219. The SMILES string of the molecule is CCCc1c(SCCCSc2ccc(C(=O)CCC(=O)O)cc2)ccc(C(C)=O)c1O. The molecule has 0 aliphatic rings. The maximum absolute atomic E-state index is 11.9. The largest absolute Gasteiger partial charge is 0.507 e. The van der Waals surface area contributed by atoms with E-state index in [1.54, 1.807) is 41.7 Å². The summed E-state index contributed by atoms with van der Waals surface area (Å²) in [4.78, 5) is 36.3. The molecule has 0 atom stereocenters. The lowest BCUT2D eigenvalue weighted by molar-refractivity contribution is -0.136. The van der Waals surface area contributed by atoms with Gasteiger partial charge in [0.15, 0.2) is 11.6 Å². The first kappa shape index (κ1) is 25.0. The Labute approximate surface area is 191 Å². The zero-order valence-electron chi connectivity index (χ0n) is 17.8. The number of Topliss-reactive ketones (excluding diaryl/α,β-unsaturated/α-hetero) is 2. The third-order valence-electron chi connectivity index (χ3n) is 4.68. The molecule has 0 radical (unpaired) electrons. The Morgan fingerprint density at radius 3 is 2.23 bits per heavy atom. The lowest BCUT2D eigenvalue weighted by Crippen LogP contribution is -2.03. The van der Waals surface area contributed by atoms with E-state index in [0.717, 1.165) is 46.1 Å². The second-order valence-electron chi connectivity index (χ2n) is 7.14. The fourth-order valence-corrected chi connectivity index (χ4v) is 5.14. The van der Waals surface area contributed by atoms with Gasteiger partial charge in [0.2, 0.25) is 0 Å². The summed E-state index contributed by atoms with van der Waals surface area (Å²) in [5.74, 6) is 0.681. The first-order chi connectivity index (χ1) is 14.8. The molecule has 2 aromatic rings. The molecule has 0 amide bonds. The van der Waals surface area contributed by atoms with Gasteiger partial charge in [0.25, 0.3) is 0 Å². The van der Waals surface area contributed by atoms with Gasteiger partial charge in [-0.25, -0.2) is 0 Å². The predicted molar refractivity (Wildman–Crippen MR) is 126 cm³/mol. The summed E-state index contributed by atoms with van der Waals surface area (Å²) in [6.45, 7) is 3.52. The standard InChI is InChI=1S/C24H28O5S2/c1-3-5-20-22(12-10-19(16(2)25)24(20)29)31-15-4-14-30-18-8-6-17(7-9-18)21(26)11-13-23(27)28/h6-10,12,29H,3-5,11,13-15H2,1-2H3,(H,27,28). The number of carboxylic acids is 1. The summed E-state index contributed by atoms with van der Waals surface area (Å²) in [6.07, 6.45) is 2.47. The van der Waals surface area contributed by atoms with Crippen LogP contribution in [0.2, 0.25) is 0 Å². The number of carbonyl (C=O) groups is 3. The van der Waals surface area contributed by atoms with E-state index in [-0.39, 0.29) is 30.2 Å². The highest BCUT2D eigenvalue weighted by atomic mass is 32.2. The van der Waals surface area contributed by atoms with Gasteiger partial charge in [0.05, 0.1) is 12.0 Å². The third kappa shape index (κ3) is 7.74. The zero-order chi connectivity index (χ0) is 22.8. The van der Waals surface area contributed by atoms with Crippen LogP contribution in [0.1, 0.15) is 65.8 Å². The lowest BCUT2D eigenvalue weighted by atomic mass is 10.0. The summed E-state index contributed by atoms with van der Waals surface area (Å²) in [7, 11) is 0. The number of carbonyl (C=O) groups excluding carboxylic acids is 2. The number of hydrogen-bond donors (Lipinski definition) is 2. The van der Waals surface area contributed by atoms with Crippen LogP contribution in [0.15, 0.2) is 46.2 Å². The van der Waals surface area contributed by atoms with Gasteiger partial charge in [0, 0.05) is 27.3 Å². The Kier molecular flexibility index (Phi) is 10.1. The first-order valence-corrected chi connectivity index (χ1v) is 12.3. The van der Waals surface area contributed by atoms with Gasteiger partial charge in [-0.3, -0.25) is 14.4 Å². The molecule has 0 spiro atoms. The molecule has 2 N–H and O–H groups in total. The van der Waals surface area contributed by atoms with Crippen LogP contribution >= 0.6 is 23.5 Å². The van der Waals surface area contributed by atoms with E-state index in [0.29, 0.717) is 11.1 Å². The number of aromatic hydroxyl groups is 1. The van der Waals surface area contributed by atoms with Gasteiger partial charge in [-0.2, -0.15) is 0 Å². The van der Waals surface area contributed by atoms with E-state index >= 15 is 0 Å². The van der Waals surface area contributed by atoms with E-state index in [2.05, 4.69) is 6.92 Å². The Morgan fingerprint density at radius 1 is 0.935 bits per heavy atom. The van der Waals surface area contributed by atoms with Crippen molar-refractivity contribution in [3.63, 3.8) is 0 Å². The third-order valence-corrected chi connectivity index (χ3v) is 6.96. The van der Waals surface area contributed by atoms with E-state index < -0.39 is 5.97 Å². The van der Waals surface area contributed by atoms with Crippen molar-refractivity contribution in [1.29, 1.82) is 0 Å². The second kappa shape index (κ2) is 12.6. The zero-order valence-corrected chi connectivity index (χ0v) is 19.5. The molecule has 0 heterocycles. The number of benzene rings is 2. The number of aliphatic carboxylic acids is 1. The van der Waals surface area contributed by atoms with Crippen LogP contribution in [0, 0.1) is 0 Å². The Hall–Kier alpha value is -2.25. The molecule has 7 heteroatoms. The van der Waals surface area contributed by atoms with E-state index in [9.17, 15) is 19.5 Å². The molecule has 2 aromatic carbocycles. The topological polar surface area (TPSA) is 91.7 Å². The molecule has 0 unspecified atom stereocenters. The molecule has 0 aromatic heterocycles. The fourth-order valence-electron chi connectivity index (χ4n) is 3.06. The summed E-state index contributed by atoms with van der Waals surface area (Å²) in [5.41, 5.74) is 1.78. The Bertz CT molecular complexity index is 922. The van der Waals surface area contributed by atoms with Crippen molar-refractivity contribution in [3.8, 4) is 5.75 Å². The van der Waals surface area contributed by atoms with Gasteiger partial charge < -0.3 is 10.2 Å². The number of thioether (sulfide) groups is 2. The highest BCUT2D eigenvalue weighted by Crippen LogP contribution is 2.34. The van der Waals surface area contributed by atoms with Crippen LogP contribution < -0.4 is 0 Å². The second-order valence-corrected chi connectivity index (χ2v) is 9.44. The van der Waals surface area contributed by atoms with E-state index in [1.165, 1.54) is 6.92 Å². The minimum atomic E-state index is -0.967. The number of hydrogen-bond acceptors (Lipinski definition) is 6. The van der Waals surface area contributed by atoms with Gasteiger partial charge >= 0.3 is 5.97 Å². The lowest BCUT2D eigenvalue weighted by Gasteiger charge is -2.13. The Balaban J connectivity index is 1.83. The van der Waals surface area contributed by atoms with Crippen LogP contribution in [0.3, 0.4) is 0 Å². The maximum atomic E-state index is 11.9. The van der Waals surface area contributed by atoms with Crippen molar-refractivity contribution >= 4 is 41.1 Å². The first-order valence-electron chi connectivity index (χ1n) is 10.3. The van der Waals surface area contributed by atoms with Gasteiger partial charge in [0.1, 0.15) is 5.75 Å². The molecule has 0 bridgehead atoms. The minimum absolute atomic E-state index is 0.0159. The number of phenols is 1. The maximum Gasteiger partial charge on any atom is 0.303 e. The highest BCUT2D eigenvalue weighted by molar-refractivity contribution is 8.00. The minimum Gasteiger partial charge on any atom is -0.507 e.